The number of thiophene rings is 1. The van der Waals surface area contributed by atoms with Gasteiger partial charge < -0.3 is 4.74 Å². The Hall–Kier alpha value is -0.520. The molecule has 0 saturated carbocycles. The van der Waals surface area contributed by atoms with Crippen molar-refractivity contribution in [2.24, 2.45) is 0 Å². The molecule has 1 N–H and O–H groups in total. The average molecular weight is 285 g/mol. The number of hydrogen-bond donors (Lipinski definition) is 1. The van der Waals surface area contributed by atoms with E-state index in [9.17, 15) is 4.79 Å². The quantitative estimate of drug-likeness (QED) is 0.844. The van der Waals surface area contributed by atoms with E-state index in [1.54, 1.807) is 11.3 Å². The van der Waals surface area contributed by atoms with Crippen molar-refractivity contribution in [3.63, 3.8) is 0 Å². The minimum atomic E-state index is -0.496. The van der Waals surface area contributed by atoms with Gasteiger partial charge in [-0.2, -0.15) is 11.8 Å². The molecule has 0 bridgehead atoms. The van der Waals surface area contributed by atoms with Crippen LogP contribution in [0.2, 0.25) is 0 Å². The predicted octanol–water partition coefficient (Wildman–Crippen LogP) is 2.67. The van der Waals surface area contributed by atoms with Crippen molar-refractivity contribution in [2.45, 2.75) is 37.6 Å². The normalized spacial score (nSPS) is 27.3. The van der Waals surface area contributed by atoms with Crippen LogP contribution in [0.25, 0.3) is 0 Å². The second-order valence-corrected chi connectivity index (χ2v) is 7.02. The fourth-order valence-corrected chi connectivity index (χ4v) is 4.12. The summed E-state index contributed by atoms with van der Waals surface area (Å²) in [5, 5.41) is 5.99. The highest BCUT2D eigenvalue weighted by Crippen LogP contribution is 2.35. The summed E-state index contributed by atoms with van der Waals surface area (Å²) in [6.45, 7) is 5.21. The number of rotatable bonds is 5. The van der Waals surface area contributed by atoms with Gasteiger partial charge in [-0.05, 0) is 24.8 Å². The largest absolute Gasteiger partial charge is 0.465 e. The van der Waals surface area contributed by atoms with Crippen molar-refractivity contribution in [1.82, 2.24) is 5.32 Å². The molecule has 1 aliphatic rings. The van der Waals surface area contributed by atoms with Crippen LogP contribution < -0.4 is 5.32 Å². The third kappa shape index (κ3) is 3.08. The smallest absolute Gasteiger partial charge is 0.327 e. The van der Waals surface area contributed by atoms with Gasteiger partial charge in [-0.25, -0.2) is 0 Å². The molecule has 0 aromatic carbocycles. The van der Waals surface area contributed by atoms with Crippen molar-refractivity contribution >= 4 is 29.1 Å². The minimum absolute atomic E-state index is 0.0987. The molecule has 0 spiro atoms. The molecule has 2 atom stereocenters. The molecule has 3 nitrogen and oxygen atoms in total. The maximum Gasteiger partial charge on any atom is 0.327 e. The minimum Gasteiger partial charge on any atom is -0.465 e. The molecule has 1 aromatic rings. The zero-order chi connectivity index (χ0) is 13.0. The van der Waals surface area contributed by atoms with E-state index in [1.165, 1.54) is 4.88 Å². The van der Waals surface area contributed by atoms with Gasteiger partial charge in [0.25, 0.3) is 0 Å². The lowest BCUT2D eigenvalue weighted by atomic mass is 9.96. The van der Waals surface area contributed by atoms with E-state index in [1.807, 2.05) is 24.8 Å². The number of thioether (sulfide) groups is 1. The van der Waals surface area contributed by atoms with Gasteiger partial charge in [0.15, 0.2) is 0 Å². The highest BCUT2D eigenvalue weighted by molar-refractivity contribution is 8.00. The molecule has 1 aromatic heterocycles. The Labute approximate surface area is 116 Å². The first-order chi connectivity index (χ1) is 8.66. The molecule has 18 heavy (non-hydrogen) atoms. The van der Waals surface area contributed by atoms with E-state index in [4.69, 9.17) is 4.74 Å². The van der Waals surface area contributed by atoms with Crippen LogP contribution in [0, 0.1) is 0 Å². The van der Waals surface area contributed by atoms with E-state index in [-0.39, 0.29) is 5.97 Å². The number of carbonyl (C=O) groups excluding carboxylic acids is 1. The van der Waals surface area contributed by atoms with E-state index in [0.29, 0.717) is 11.9 Å². The Morgan fingerprint density at radius 1 is 1.67 bits per heavy atom. The Morgan fingerprint density at radius 3 is 3.06 bits per heavy atom. The molecular formula is C13H19NO2S2. The standard InChI is InChI=1S/C13H19NO2S2/c1-3-16-12(15)13(7-10(2)18-9-13)14-8-11-5-4-6-17-11/h4-6,10,14H,3,7-9H2,1-2H3. The number of nitrogens with one attached hydrogen (secondary N) is 1. The van der Waals surface area contributed by atoms with Crippen LogP contribution in [0.3, 0.4) is 0 Å². The number of hydrogen-bond acceptors (Lipinski definition) is 5. The van der Waals surface area contributed by atoms with Crippen LogP contribution in [0.1, 0.15) is 25.1 Å². The van der Waals surface area contributed by atoms with Crippen LogP contribution in [0.4, 0.5) is 0 Å². The Kier molecular flexibility index (Phi) is 4.70. The predicted molar refractivity (Wildman–Crippen MR) is 77.1 cm³/mol. The third-order valence-electron chi connectivity index (χ3n) is 3.10. The van der Waals surface area contributed by atoms with Crippen LogP contribution in [-0.2, 0) is 16.1 Å². The summed E-state index contributed by atoms with van der Waals surface area (Å²) in [5.74, 6) is 0.705. The zero-order valence-corrected chi connectivity index (χ0v) is 12.4. The lowest BCUT2D eigenvalue weighted by molar-refractivity contribution is -0.150. The fraction of sp³-hybridized carbons (Fsp3) is 0.615. The first-order valence-corrected chi connectivity index (χ1v) is 8.15. The highest BCUT2D eigenvalue weighted by atomic mass is 32.2. The molecule has 0 radical (unpaired) electrons. The Balaban J connectivity index is 2.03. The highest BCUT2D eigenvalue weighted by Gasteiger charge is 2.45. The van der Waals surface area contributed by atoms with Crippen molar-refractivity contribution < 1.29 is 9.53 Å². The molecule has 100 valence electrons. The fourth-order valence-electron chi connectivity index (χ4n) is 2.17. The monoisotopic (exact) mass is 285 g/mol. The summed E-state index contributed by atoms with van der Waals surface area (Å²) < 4.78 is 5.24. The van der Waals surface area contributed by atoms with Crippen LogP contribution in [0.5, 0.6) is 0 Å². The number of carbonyl (C=O) groups is 1. The molecule has 5 heteroatoms. The van der Waals surface area contributed by atoms with Crippen LogP contribution in [-0.4, -0.2) is 29.1 Å². The topological polar surface area (TPSA) is 38.3 Å². The molecule has 0 aliphatic carbocycles. The summed E-state index contributed by atoms with van der Waals surface area (Å²) in [5.41, 5.74) is -0.496. The second-order valence-electron chi connectivity index (χ2n) is 4.56. The van der Waals surface area contributed by atoms with Gasteiger partial charge in [0.05, 0.1) is 6.61 Å². The maximum absolute atomic E-state index is 12.2. The second kappa shape index (κ2) is 6.08. The third-order valence-corrected chi connectivity index (χ3v) is 5.37. The SMILES string of the molecule is CCOC(=O)C1(NCc2cccs2)CSC(C)C1. The van der Waals surface area contributed by atoms with Gasteiger partial charge in [-0.15, -0.1) is 11.3 Å². The van der Waals surface area contributed by atoms with Crippen LogP contribution >= 0.6 is 23.1 Å². The van der Waals surface area contributed by atoms with Crippen molar-refractivity contribution in [2.75, 3.05) is 12.4 Å². The maximum atomic E-state index is 12.2. The molecular weight excluding hydrogens is 266 g/mol. The lowest BCUT2D eigenvalue weighted by Gasteiger charge is -2.27. The number of esters is 1. The van der Waals surface area contributed by atoms with Crippen molar-refractivity contribution in [1.29, 1.82) is 0 Å². The summed E-state index contributed by atoms with van der Waals surface area (Å²) in [4.78, 5) is 13.4. The lowest BCUT2D eigenvalue weighted by Crippen LogP contribution is -2.53. The van der Waals surface area contributed by atoms with E-state index in [2.05, 4.69) is 23.7 Å². The van der Waals surface area contributed by atoms with Gasteiger partial charge in [-0.1, -0.05) is 13.0 Å². The molecule has 2 heterocycles. The van der Waals surface area contributed by atoms with Gasteiger partial charge in [-0.3, -0.25) is 10.1 Å². The molecule has 1 fully saturated rings. The van der Waals surface area contributed by atoms with E-state index < -0.39 is 5.54 Å². The summed E-state index contributed by atoms with van der Waals surface area (Å²) in [6, 6.07) is 4.12. The molecule has 2 rings (SSSR count). The summed E-state index contributed by atoms with van der Waals surface area (Å²) in [7, 11) is 0. The van der Waals surface area contributed by atoms with Gasteiger partial charge in [0.2, 0.25) is 0 Å². The first-order valence-electron chi connectivity index (χ1n) is 6.22. The number of ether oxygens (including phenoxy) is 1. The average Bonchev–Trinajstić information content (AvgIpc) is 2.97. The summed E-state index contributed by atoms with van der Waals surface area (Å²) >= 11 is 3.55. The molecule has 1 saturated heterocycles. The van der Waals surface area contributed by atoms with E-state index in [0.717, 1.165) is 18.7 Å². The van der Waals surface area contributed by atoms with E-state index >= 15 is 0 Å². The van der Waals surface area contributed by atoms with Crippen molar-refractivity contribution in [3.8, 4) is 0 Å². The first kappa shape index (κ1) is 13.9. The van der Waals surface area contributed by atoms with Crippen LogP contribution in [0.15, 0.2) is 17.5 Å². The molecule has 1 aliphatic heterocycles. The van der Waals surface area contributed by atoms with Crippen molar-refractivity contribution in [3.05, 3.63) is 22.4 Å². The zero-order valence-electron chi connectivity index (χ0n) is 10.8. The van der Waals surface area contributed by atoms with Gasteiger partial charge in [0.1, 0.15) is 5.54 Å². The Bertz CT molecular complexity index is 394. The Morgan fingerprint density at radius 2 is 2.50 bits per heavy atom. The van der Waals surface area contributed by atoms with Gasteiger partial charge in [0, 0.05) is 22.4 Å². The van der Waals surface area contributed by atoms with Gasteiger partial charge >= 0.3 is 5.97 Å². The summed E-state index contributed by atoms with van der Waals surface area (Å²) in [6.07, 6.45) is 0.849. The molecule has 2 unspecified atom stereocenters. The molecule has 0 amide bonds.